The number of amides is 2. The molecule has 4 unspecified atom stereocenters. The minimum absolute atomic E-state index is 0.0209. The summed E-state index contributed by atoms with van der Waals surface area (Å²) in [5.41, 5.74) is 1.01. The number of anilines is 1. The van der Waals surface area contributed by atoms with Crippen molar-refractivity contribution in [3.05, 3.63) is 42.0 Å². The van der Waals surface area contributed by atoms with Gasteiger partial charge in [0.25, 0.3) is 5.91 Å². The Morgan fingerprint density at radius 2 is 1.76 bits per heavy atom. The van der Waals surface area contributed by atoms with Crippen LogP contribution in [0.15, 0.2) is 36.4 Å². The Bertz CT molecular complexity index is 768. The summed E-state index contributed by atoms with van der Waals surface area (Å²) in [5.74, 6) is -2.67. The van der Waals surface area contributed by atoms with Gasteiger partial charge in [-0.3, -0.25) is 14.4 Å². The minimum Gasteiger partial charge on any atom is -0.481 e. The molecular formula is C19H20N2O4. The fourth-order valence-corrected chi connectivity index (χ4v) is 3.98. The van der Waals surface area contributed by atoms with E-state index >= 15 is 0 Å². The van der Waals surface area contributed by atoms with Crippen molar-refractivity contribution >= 4 is 23.5 Å². The molecule has 3 aliphatic rings. The highest BCUT2D eigenvalue weighted by molar-refractivity contribution is 5.99. The zero-order chi connectivity index (χ0) is 17.6. The van der Waals surface area contributed by atoms with Crippen LogP contribution < -0.4 is 10.6 Å². The van der Waals surface area contributed by atoms with Crippen molar-refractivity contribution in [3.8, 4) is 0 Å². The lowest BCUT2D eigenvalue weighted by Crippen LogP contribution is -2.36. The van der Waals surface area contributed by atoms with Crippen LogP contribution in [0.5, 0.6) is 0 Å². The van der Waals surface area contributed by atoms with Crippen LogP contribution in [0.2, 0.25) is 0 Å². The van der Waals surface area contributed by atoms with Gasteiger partial charge in [-0.25, -0.2) is 0 Å². The number of carbonyl (C=O) groups excluding carboxylic acids is 2. The van der Waals surface area contributed by atoms with Gasteiger partial charge in [0.05, 0.1) is 11.8 Å². The molecule has 0 heterocycles. The molecule has 0 spiro atoms. The number of rotatable bonds is 5. The Morgan fingerprint density at radius 1 is 1.04 bits per heavy atom. The molecule has 130 valence electrons. The van der Waals surface area contributed by atoms with Crippen LogP contribution >= 0.6 is 0 Å². The number of carboxylic acid groups (broad SMARTS) is 1. The summed E-state index contributed by atoms with van der Waals surface area (Å²) in [6.45, 7) is 0. The predicted molar refractivity (Wildman–Crippen MR) is 90.9 cm³/mol. The average Bonchev–Trinajstić information content (AvgIpc) is 3.16. The topological polar surface area (TPSA) is 95.5 Å². The van der Waals surface area contributed by atoms with Gasteiger partial charge in [-0.15, -0.1) is 0 Å². The van der Waals surface area contributed by atoms with Crippen LogP contribution in [-0.2, 0) is 9.59 Å². The summed E-state index contributed by atoms with van der Waals surface area (Å²) in [6, 6.07) is 7.03. The van der Waals surface area contributed by atoms with E-state index in [1.54, 1.807) is 24.3 Å². The van der Waals surface area contributed by atoms with Gasteiger partial charge in [-0.05, 0) is 49.3 Å². The molecule has 0 aromatic heterocycles. The third kappa shape index (κ3) is 3.04. The Balaban J connectivity index is 1.48. The van der Waals surface area contributed by atoms with Gasteiger partial charge in [0.1, 0.15) is 0 Å². The van der Waals surface area contributed by atoms with Crippen molar-refractivity contribution in [2.45, 2.75) is 25.3 Å². The van der Waals surface area contributed by atoms with E-state index in [-0.39, 0.29) is 29.7 Å². The maximum Gasteiger partial charge on any atom is 0.307 e. The molecule has 4 rings (SSSR count). The van der Waals surface area contributed by atoms with Gasteiger partial charge >= 0.3 is 5.97 Å². The van der Waals surface area contributed by atoms with Gasteiger partial charge in [-0.1, -0.05) is 18.2 Å². The Morgan fingerprint density at radius 3 is 2.44 bits per heavy atom. The molecule has 2 fully saturated rings. The second-order valence-electron chi connectivity index (χ2n) is 7.16. The number of nitrogens with one attached hydrogen (secondary N) is 2. The normalized spacial score (nSPS) is 29.4. The first-order chi connectivity index (χ1) is 12.0. The Kier molecular flexibility index (Phi) is 3.82. The molecule has 0 radical (unpaired) electrons. The van der Waals surface area contributed by atoms with Crippen LogP contribution in [-0.4, -0.2) is 28.9 Å². The largest absolute Gasteiger partial charge is 0.481 e. The third-order valence-electron chi connectivity index (χ3n) is 5.35. The number of carbonyl (C=O) groups is 3. The molecule has 3 N–H and O–H groups in total. The first-order valence-electron chi connectivity index (χ1n) is 8.66. The molecule has 3 aliphatic carbocycles. The number of aliphatic carboxylic acids is 1. The van der Waals surface area contributed by atoms with Crippen LogP contribution in [0.1, 0.15) is 29.6 Å². The zero-order valence-corrected chi connectivity index (χ0v) is 13.6. The van der Waals surface area contributed by atoms with Crippen molar-refractivity contribution in [2.24, 2.45) is 23.7 Å². The van der Waals surface area contributed by atoms with Gasteiger partial charge in [0.15, 0.2) is 0 Å². The molecule has 0 saturated heterocycles. The molecular weight excluding hydrogens is 320 g/mol. The van der Waals surface area contributed by atoms with E-state index in [1.807, 2.05) is 12.2 Å². The van der Waals surface area contributed by atoms with Crippen molar-refractivity contribution in [1.29, 1.82) is 0 Å². The lowest BCUT2D eigenvalue weighted by Gasteiger charge is -2.23. The lowest BCUT2D eigenvalue weighted by atomic mass is 9.82. The van der Waals surface area contributed by atoms with Gasteiger partial charge in [0, 0.05) is 17.3 Å². The van der Waals surface area contributed by atoms with Crippen molar-refractivity contribution in [2.75, 3.05) is 5.32 Å². The monoisotopic (exact) mass is 340 g/mol. The molecule has 2 bridgehead atoms. The smallest absolute Gasteiger partial charge is 0.307 e. The van der Waals surface area contributed by atoms with E-state index in [0.717, 1.165) is 19.3 Å². The second-order valence-corrected chi connectivity index (χ2v) is 7.16. The average molecular weight is 340 g/mol. The highest BCUT2D eigenvalue weighted by Crippen LogP contribution is 2.48. The van der Waals surface area contributed by atoms with Gasteiger partial charge < -0.3 is 15.7 Å². The fourth-order valence-electron chi connectivity index (χ4n) is 3.98. The number of carboxylic acids is 1. The number of allylic oxidation sites excluding steroid dienone is 2. The van der Waals surface area contributed by atoms with E-state index in [2.05, 4.69) is 10.6 Å². The Labute approximate surface area is 145 Å². The van der Waals surface area contributed by atoms with E-state index in [0.29, 0.717) is 11.3 Å². The van der Waals surface area contributed by atoms with Crippen LogP contribution in [0.3, 0.4) is 0 Å². The van der Waals surface area contributed by atoms with Crippen LogP contribution in [0.25, 0.3) is 0 Å². The first kappa shape index (κ1) is 15.9. The van der Waals surface area contributed by atoms with Crippen molar-refractivity contribution in [1.82, 2.24) is 5.32 Å². The van der Waals surface area contributed by atoms with E-state index in [9.17, 15) is 19.5 Å². The standard InChI is InChI=1S/C19H20N2O4/c22-17(20-13-6-7-13)12-2-1-3-14(9-12)21-18(23)15-10-4-5-11(8-10)16(15)19(24)25/h1-5,9-11,13,15-16H,6-8H2,(H,20,22)(H,21,23)(H,24,25). The molecule has 2 saturated carbocycles. The van der Waals surface area contributed by atoms with E-state index < -0.39 is 17.8 Å². The van der Waals surface area contributed by atoms with Gasteiger partial charge in [0.2, 0.25) is 5.91 Å². The molecule has 2 amide bonds. The minimum atomic E-state index is -0.922. The first-order valence-corrected chi connectivity index (χ1v) is 8.66. The second kappa shape index (κ2) is 6.02. The molecule has 25 heavy (non-hydrogen) atoms. The maximum atomic E-state index is 12.7. The summed E-state index contributed by atoms with van der Waals surface area (Å²) < 4.78 is 0. The van der Waals surface area contributed by atoms with Crippen LogP contribution in [0.4, 0.5) is 5.69 Å². The molecule has 1 aromatic carbocycles. The molecule has 6 nitrogen and oxygen atoms in total. The quantitative estimate of drug-likeness (QED) is 0.715. The van der Waals surface area contributed by atoms with E-state index in [1.165, 1.54) is 0 Å². The summed E-state index contributed by atoms with van der Waals surface area (Å²) >= 11 is 0. The SMILES string of the molecule is O=C(NC1CC1)c1cccc(NC(=O)C2C3C=CC(C3)C2C(=O)O)c1. The van der Waals surface area contributed by atoms with Crippen molar-refractivity contribution in [3.63, 3.8) is 0 Å². The number of hydrogen-bond donors (Lipinski definition) is 3. The maximum absolute atomic E-state index is 12.7. The lowest BCUT2D eigenvalue weighted by molar-refractivity contribution is -0.146. The Hall–Kier alpha value is -2.63. The van der Waals surface area contributed by atoms with Gasteiger partial charge in [-0.2, -0.15) is 0 Å². The highest BCUT2D eigenvalue weighted by Gasteiger charge is 2.51. The summed E-state index contributed by atoms with van der Waals surface area (Å²) in [6.07, 6.45) is 6.61. The highest BCUT2D eigenvalue weighted by atomic mass is 16.4. The van der Waals surface area contributed by atoms with E-state index in [4.69, 9.17) is 0 Å². The summed E-state index contributed by atoms with van der Waals surface area (Å²) in [7, 11) is 0. The molecule has 0 aliphatic heterocycles. The molecule has 4 atom stereocenters. The third-order valence-corrected chi connectivity index (χ3v) is 5.35. The molecule has 1 aromatic rings. The fraction of sp³-hybridized carbons (Fsp3) is 0.421. The summed E-state index contributed by atoms with van der Waals surface area (Å²) in [4.78, 5) is 36.3. The molecule has 6 heteroatoms. The predicted octanol–water partition coefficient (Wildman–Crippen LogP) is 2.04. The number of fused-ring (bicyclic) bond motifs is 2. The van der Waals surface area contributed by atoms with Crippen LogP contribution in [0, 0.1) is 23.7 Å². The summed E-state index contributed by atoms with van der Waals surface area (Å²) in [5, 5.41) is 15.2. The van der Waals surface area contributed by atoms with Crippen molar-refractivity contribution < 1.29 is 19.5 Å². The number of benzene rings is 1. The zero-order valence-electron chi connectivity index (χ0n) is 13.6. The number of hydrogen-bond acceptors (Lipinski definition) is 3.